The van der Waals surface area contributed by atoms with Gasteiger partial charge in [0.2, 0.25) is 0 Å². The molecular weight excluding hydrogens is 354 g/mol. The van der Waals surface area contributed by atoms with Crippen LogP contribution in [0.3, 0.4) is 0 Å². The second-order valence-corrected chi connectivity index (χ2v) is 8.42. The Morgan fingerprint density at radius 3 is 2.79 bits per heavy atom. The number of likely N-dealkylation sites (tertiary alicyclic amines) is 1. The summed E-state index contributed by atoms with van der Waals surface area (Å²) in [7, 11) is 3.53. The maximum atomic E-state index is 5.15. The molecule has 1 saturated heterocycles. The van der Waals surface area contributed by atoms with E-state index in [-0.39, 0.29) is 0 Å². The number of hydrogen-bond donors (Lipinski definition) is 2. The maximum Gasteiger partial charge on any atom is 0.191 e. The van der Waals surface area contributed by atoms with Gasteiger partial charge < -0.3 is 15.4 Å². The Morgan fingerprint density at radius 2 is 2.11 bits per heavy atom. The first-order chi connectivity index (χ1) is 13.6. The topological polar surface area (TPSA) is 79.6 Å². The minimum atomic E-state index is 0.311. The van der Waals surface area contributed by atoms with Gasteiger partial charge in [0, 0.05) is 39.2 Å². The van der Waals surface area contributed by atoms with Gasteiger partial charge in [0.05, 0.1) is 6.54 Å². The summed E-state index contributed by atoms with van der Waals surface area (Å²) in [5.41, 5.74) is 0. The number of nitrogens with zero attached hydrogens (tertiary/aromatic N) is 5. The Bertz CT molecular complexity index is 636. The molecule has 3 rings (SSSR count). The van der Waals surface area contributed by atoms with Crippen LogP contribution in [-0.2, 0) is 24.3 Å². The van der Waals surface area contributed by atoms with Crippen LogP contribution >= 0.6 is 0 Å². The van der Waals surface area contributed by atoms with E-state index in [0.29, 0.717) is 24.6 Å². The molecule has 3 heterocycles. The van der Waals surface area contributed by atoms with Crippen LogP contribution < -0.4 is 10.6 Å². The highest BCUT2D eigenvalue weighted by atomic mass is 16.5. The van der Waals surface area contributed by atoms with Crippen molar-refractivity contribution in [1.82, 2.24) is 30.3 Å². The molecule has 0 amide bonds. The molecule has 0 saturated carbocycles. The fourth-order valence-corrected chi connectivity index (χ4v) is 4.28. The zero-order chi connectivity index (χ0) is 19.9. The minimum Gasteiger partial charge on any atom is -0.377 e. The highest BCUT2D eigenvalue weighted by molar-refractivity contribution is 5.80. The Hall–Kier alpha value is -1.67. The van der Waals surface area contributed by atoms with Crippen LogP contribution in [0.25, 0.3) is 0 Å². The van der Waals surface area contributed by atoms with Gasteiger partial charge in [0.1, 0.15) is 12.4 Å². The van der Waals surface area contributed by atoms with Crippen LogP contribution in [0.4, 0.5) is 0 Å². The highest BCUT2D eigenvalue weighted by Crippen LogP contribution is 2.17. The predicted molar refractivity (Wildman–Crippen MR) is 111 cm³/mol. The monoisotopic (exact) mass is 391 g/mol. The first kappa shape index (κ1) is 21.0. The normalized spacial score (nSPS) is 21.8. The molecule has 28 heavy (non-hydrogen) atoms. The van der Waals surface area contributed by atoms with Crippen molar-refractivity contribution in [1.29, 1.82) is 0 Å². The Balaban J connectivity index is 1.52. The third-order valence-corrected chi connectivity index (χ3v) is 5.65. The van der Waals surface area contributed by atoms with E-state index in [4.69, 9.17) is 4.74 Å². The summed E-state index contributed by atoms with van der Waals surface area (Å²) < 4.78 is 7.16. The maximum absolute atomic E-state index is 5.15. The van der Waals surface area contributed by atoms with Gasteiger partial charge in [-0.3, -0.25) is 9.89 Å². The molecule has 2 aliphatic heterocycles. The smallest absolute Gasteiger partial charge is 0.191 e. The van der Waals surface area contributed by atoms with E-state index < -0.39 is 0 Å². The summed E-state index contributed by atoms with van der Waals surface area (Å²) in [4.78, 5) is 11.7. The molecule has 2 unspecified atom stereocenters. The molecule has 0 radical (unpaired) electrons. The number of nitrogens with one attached hydrogen (secondary N) is 2. The summed E-state index contributed by atoms with van der Waals surface area (Å²) >= 11 is 0. The summed E-state index contributed by atoms with van der Waals surface area (Å²) in [5, 5.41) is 11.7. The van der Waals surface area contributed by atoms with Gasteiger partial charge in [-0.05, 0) is 44.7 Å². The average Bonchev–Trinajstić information content (AvgIpc) is 3.33. The molecule has 8 nitrogen and oxygen atoms in total. The molecular formula is C20H37N7O. The highest BCUT2D eigenvalue weighted by Gasteiger charge is 2.25. The molecule has 0 bridgehead atoms. The van der Waals surface area contributed by atoms with Gasteiger partial charge in [0.25, 0.3) is 0 Å². The largest absolute Gasteiger partial charge is 0.377 e. The number of aryl methyl sites for hydroxylation is 1. The van der Waals surface area contributed by atoms with Crippen LogP contribution in [0, 0.1) is 5.92 Å². The Labute approximate surface area is 169 Å². The lowest BCUT2D eigenvalue weighted by atomic mass is 10.0. The van der Waals surface area contributed by atoms with Crippen LogP contribution in [0.2, 0.25) is 0 Å². The number of aromatic nitrogens is 3. The van der Waals surface area contributed by atoms with Crippen molar-refractivity contribution in [3.8, 4) is 0 Å². The number of guanidine groups is 1. The van der Waals surface area contributed by atoms with Crippen LogP contribution in [0.1, 0.15) is 51.2 Å². The summed E-state index contributed by atoms with van der Waals surface area (Å²) in [6.45, 7) is 9.30. The van der Waals surface area contributed by atoms with Crippen molar-refractivity contribution in [2.45, 2.75) is 71.2 Å². The number of aliphatic imine (C=N–C) groups is 1. The Morgan fingerprint density at radius 1 is 1.32 bits per heavy atom. The van der Waals surface area contributed by atoms with Gasteiger partial charge in [-0.15, -0.1) is 0 Å². The second kappa shape index (κ2) is 10.2. The lowest BCUT2D eigenvalue weighted by Gasteiger charge is -2.31. The molecule has 2 aliphatic rings. The third kappa shape index (κ3) is 5.67. The van der Waals surface area contributed by atoms with Crippen LogP contribution in [0.5, 0.6) is 0 Å². The first-order valence-electron chi connectivity index (χ1n) is 10.7. The first-order valence-corrected chi connectivity index (χ1v) is 10.7. The lowest BCUT2D eigenvalue weighted by Crippen LogP contribution is -2.50. The van der Waals surface area contributed by atoms with E-state index in [1.54, 1.807) is 7.11 Å². The van der Waals surface area contributed by atoms with Gasteiger partial charge in [-0.25, -0.2) is 9.67 Å². The van der Waals surface area contributed by atoms with E-state index in [1.807, 2.05) is 11.7 Å². The number of methoxy groups -OCH3 is 1. The van der Waals surface area contributed by atoms with Gasteiger partial charge >= 0.3 is 0 Å². The number of rotatable bonds is 8. The number of hydrogen-bond acceptors (Lipinski definition) is 5. The van der Waals surface area contributed by atoms with Crippen molar-refractivity contribution < 1.29 is 4.74 Å². The molecule has 1 fully saturated rings. The summed E-state index contributed by atoms with van der Waals surface area (Å²) in [6.07, 6.45) is 5.84. The van der Waals surface area contributed by atoms with Crippen molar-refractivity contribution in [3.63, 3.8) is 0 Å². The minimum absolute atomic E-state index is 0.311. The third-order valence-electron chi connectivity index (χ3n) is 5.65. The van der Waals surface area contributed by atoms with Crippen molar-refractivity contribution in [2.24, 2.45) is 10.9 Å². The zero-order valence-electron chi connectivity index (χ0n) is 17.9. The molecule has 1 aromatic heterocycles. The van der Waals surface area contributed by atoms with Gasteiger partial charge in [0.15, 0.2) is 11.8 Å². The predicted octanol–water partition coefficient (Wildman–Crippen LogP) is 1.41. The van der Waals surface area contributed by atoms with E-state index in [2.05, 4.69) is 44.5 Å². The molecule has 8 heteroatoms. The number of ether oxygens (including phenoxy) is 1. The quantitative estimate of drug-likeness (QED) is 0.515. The fourth-order valence-electron chi connectivity index (χ4n) is 4.28. The SMILES string of the molecule is CN=C(NCC(CC(C)C)N1CCCC1)NC1CCc2nc(COC)nn2C1. The van der Waals surface area contributed by atoms with E-state index >= 15 is 0 Å². The lowest BCUT2D eigenvalue weighted by molar-refractivity contribution is 0.177. The molecule has 2 N–H and O–H groups in total. The molecule has 158 valence electrons. The van der Waals surface area contributed by atoms with Crippen molar-refractivity contribution >= 4 is 5.96 Å². The molecule has 0 spiro atoms. The fraction of sp³-hybridized carbons (Fsp3) is 0.850. The van der Waals surface area contributed by atoms with Crippen LogP contribution in [0.15, 0.2) is 4.99 Å². The van der Waals surface area contributed by atoms with E-state index in [0.717, 1.165) is 43.5 Å². The summed E-state index contributed by atoms with van der Waals surface area (Å²) in [5.74, 6) is 3.41. The molecule has 0 aromatic carbocycles. The molecule has 1 aromatic rings. The van der Waals surface area contributed by atoms with Crippen LogP contribution in [-0.4, -0.2) is 71.5 Å². The molecule has 0 aliphatic carbocycles. The summed E-state index contributed by atoms with van der Waals surface area (Å²) in [6, 6.07) is 0.886. The van der Waals surface area contributed by atoms with E-state index in [9.17, 15) is 0 Å². The Kier molecular flexibility index (Phi) is 7.67. The van der Waals surface area contributed by atoms with Crippen molar-refractivity contribution in [3.05, 3.63) is 11.6 Å². The average molecular weight is 392 g/mol. The van der Waals surface area contributed by atoms with Gasteiger partial charge in [-0.1, -0.05) is 13.8 Å². The molecule has 2 atom stereocenters. The zero-order valence-corrected chi connectivity index (χ0v) is 17.9. The standard InChI is InChI=1S/C20H37N7O/c1-15(2)11-17(26-9-5-6-10-26)12-22-20(21-3)23-16-7-8-19-24-18(14-28-4)25-27(19)13-16/h15-17H,5-14H2,1-4H3,(H2,21,22,23). The van der Waals surface area contributed by atoms with Crippen molar-refractivity contribution in [2.75, 3.05) is 33.8 Å². The van der Waals surface area contributed by atoms with E-state index in [1.165, 1.54) is 32.4 Å². The number of fused-ring (bicyclic) bond motifs is 1. The second-order valence-electron chi connectivity index (χ2n) is 8.42. The van der Waals surface area contributed by atoms with Gasteiger partial charge in [-0.2, -0.15) is 5.10 Å².